The van der Waals surface area contributed by atoms with Crippen LogP contribution in [0.25, 0.3) is 0 Å². The van der Waals surface area contributed by atoms with Crippen LogP contribution in [0.4, 0.5) is 0 Å². The van der Waals surface area contributed by atoms with E-state index < -0.39 is 0 Å². The summed E-state index contributed by atoms with van der Waals surface area (Å²) in [6, 6.07) is 0. The number of nitrogens with one attached hydrogen (secondary N) is 2. The molecule has 0 aromatic heterocycles. The van der Waals surface area contributed by atoms with Gasteiger partial charge in [0.05, 0.1) is 19.3 Å². The lowest BCUT2D eigenvalue weighted by Gasteiger charge is -2.22. The molecule has 2 rings (SSSR count). The van der Waals surface area contributed by atoms with Crippen LogP contribution in [0.3, 0.4) is 0 Å². The number of ether oxygens (including phenoxy) is 1. The minimum Gasteiger partial charge on any atom is -0.396 e. The van der Waals surface area contributed by atoms with Crippen LogP contribution in [-0.2, 0) is 4.74 Å². The molecule has 2 aliphatic rings. The molecular formula is C17H34IN3O2. The molecule has 0 spiro atoms. The van der Waals surface area contributed by atoms with Crippen molar-refractivity contribution in [1.82, 2.24) is 10.6 Å². The van der Waals surface area contributed by atoms with E-state index in [-0.39, 0.29) is 36.0 Å². The van der Waals surface area contributed by atoms with Crippen molar-refractivity contribution in [3.8, 4) is 0 Å². The van der Waals surface area contributed by atoms with Gasteiger partial charge < -0.3 is 20.5 Å². The first-order valence-corrected chi connectivity index (χ1v) is 9.03. The number of aliphatic imine (C=N–C) groups is 1. The Bertz CT molecular complexity index is 343. The Morgan fingerprint density at radius 1 is 1.22 bits per heavy atom. The standard InChI is InChI=1S/C17H33N3O2.HI/c1-2-18-16(20-13-17(14-21)9-10-17)19-11-6-12-22-15-7-4-3-5-8-15;/h15,21H,2-14H2,1H3,(H2,18,19,20);1H. The van der Waals surface area contributed by atoms with E-state index >= 15 is 0 Å². The molecule has 2 saturated carbocycles. The first-order chi connectivity index (χ1) is 10.8. The van der Waals surface area contributed by atoms with Gasteiger partial charge in [0, 0.05) is 25.1 Å². The first-order valence-electron chi connectivity index (χ1n) is 9.03. The fourth-order valence-corrected chi connectivity index (χ4v) is 2.89. The zero-order valence-electron chi connectivity index (χ0n) is 14.5. The molecule has 0 aliphatic heterocycles. The van der Waals surface area contributed by atoms with Crippen LogP contribution in [-0.4, -0.2) is 50.0 Å². The Morgan fingerprint density at radius 2 is 1.96 bits per heavy atom. The SMILES string of the molecule is CCNC(=NCC1(CO)CC1)NCCCOC1CCCCC1.I. The molecule has 0 bridgehead atoms. The largest absolute Gasteiger partial charge is 0.396 e. The molecule has 0 atom stereocenters. The molecule has 0 radical (unpaired) electrons. The number of aliphatic hydroxyl groups excluding tert-OH is 1. The lowest BCUT2D eigenvalue weighted by molar-refractivity contribution is 0.0277. The Morgan fingerprint density at radius 3 is 2.57 bits per heavy atom. The van der Waals surface area contributed by atoms with Crippen molar-refractivity contribution >= 4 is 29.9 Å². The summed E-state index contributed by atoms with van der Waals surface area (Å²) in [6.45, 7) is 5.61. The van der Waals surface area contributed by atoms with Gasteiger partial charge in [-0.1, -0.05) is 19.3 Å². The Kier molecular flexibility index (Phi) is 10.5. The molecule has 0 amide bonds. The van der Waals surface area contributed by atoms with Gasteiger partial charge in [0.2, 0.25) is 0 Å². The fraction of sp³-hybridized carbons (Fsp3) is 0.941. The van der Waals surface area contributed by atoms with E-state index in [0.717, 1.165) is 51.5 Å². The lowest BCUT2D eigenvalue weighted by atomic mass is 9.98. The smallest absolute Gasteiger partial charge is 0.191 e. The molecule has 0 aromatic rings. The van der Waals surface area contributed by atoms with Crippen molar-refractivity contribution < 1.29 is 9.84 Å². The zero-order valence-corrected chi connectivity index (χ0v) is 16.8. The number of guanidine groups is 1. The van der Waals surface area contributed by atoms with Gasteiger partial charge in [0.15, 0.2) is 5.96 Å². The van der Waals surface area contributed by atoms with Crippen molar-refractivity contribution in [2.24, 2.45) is 10.4 Å². The van der Waals surface area contributed by atoms with Crippen LogP contribution in [0, 0.1) is 5.41 Å². The molecule has 0 unspecified atom stereocenters. The van der Waals surface area contributed by atoms with Crippen molar-refractivity contribution in [1.29, 1.82) is 0 Å². The molecule has 0 aromatic carbocycles. The van der Waals surface area contributed by atoms with E-state index in [1.807, 2.05) is 0 Å². The van der Waals surface area contributed by atoms with Crippen molar-refractivity contribution in [2.45, 2.75) is 64.4 Å². The average Bonchev–Trinajstić information content (AvgIpc) is 3.34. The molecular weight excluding hydrogens is 405 g/mol. The first kappa shape index (κ1) is 21.0. The third-order valence-electron chi connectivity index (χ3n) is 4.73. The van der Waals surface area contributed by atoms with Gasteiger partial charge in [-0.15, -0.1) is 24.0 Å². The lowest BCUT2D eigenvalue weighted by Crippen LogP contribution is -2.38. The highest BCUT2D eigenvalue weighted by molar-refractivity contribution is 14.0. The maximum atomic E-state index is 9.34. The normalized spacial score (nSPS) is 20.7. The quantitative estimate of drug-likeness (QED) is 0.224. The Labute approximate surface area is 158 Å². The average molecular weight is 439 g/mol. The van der Waals surface area contributed by atoms with E-state index in [4.69, 9.17) is 4.74 Å². The van der Waals surface area contributed by atoms with E-state index in [1.165, 1.54) is 32.1 Å². The van der Waals surface area contributed by atoms with Gasteiger partial charge in [0.1, 0.15) is 0 Å². The Hall–Kier alpha value is -0.0800. The minimum atomic E-state index is 0. The van der Waals surface area contributed by atoms with Crippen molar-refractivity contribution in [3.05, 3.63) is 0 Å². The maximum absolute atomic E-state index is 9.34. The summed E-state index contributed by atoms with van der Waals surface area (Å²) >= 11 is 0. The second kappa shape index (κ2) is 11.5. The van der Waals surface area contributed by atoms with Gasteiger partial charge >= 0.3 is 0 Å². The zero-order chi connectivity index (χ0) is 15.7. The van der Waals surface area contributed by atoms with Gasteiger partial charge in [0.25, 0.3) is 0 Å². The van der Waals surface area contributed by atoms with Gasteiger partial charge in [-0.05, 0) is 39.0 Å². The summed E-state index contributed by atoms with van der Waals surface area (Å²) in [7, 11) is 0. The fourth-order valence-electron chi connectivity index (χ4n) is 2.89. The summed E-state index contributed by atoms with van der Waals surface area (Å²) in [5, 5.41) is 16.0. The maximum Gasteiger partial charge on any atom is 0.191 e. The summed E-state index contributed by atoms with van der Waals surface area (Å²) in [4.78, 5) is 4.60. The number of aliphatic hydroxyl groups is 1. The van der Waals surface area contributed by atoms with Gasteiger partial charge in [-0.25, -0.2) is 0 Å². The predicted octanol–water partition coefficient (Wildman–Crippen LogP) is 2.67. The van der Waals surface area contributed by atoms with Gasteiger partial charge in [-0.2, -0.15) is 0 Å². The highest BCUT2D eigenvalue weighted by Gasteiger charge is 2.41. The Balaban J connectivity index is 0.00000264. The molecule has 3 N–H and O–H groups in total. The van der Waals surface area contributed by atoms with E-state index in [2.05, 4.69) is 22.5 Å². The van der Waals surface area contributed by atoms with Crippen LogP contribution in [0.1, 0.15) is 58.3 Å². The monoisotopic (exact) mass is 439 g/mol. The van der Waals surface area contributed by atoms with Crippen LogP contribution in [0.15, 0.2) is 4.99 Å². The number of nitrogens with zero attached hydrogens (tertiary/aromatic N) is 1. The van der Waals surface area contributed by atoms with Crippen LogP contribution in [0.5, 0.6) is 0 Å². The van der Waals surface area contributed by atoms with E-state index in [1.54, 1.807) is 0 Å². The van der Waals surface area contributed by atoms with E-state index in [9.17, 15) is 5.11 Å². The van der Waals surface area contributed by atoms with Crippen LogP contribution < -0.4 is 10.6 Å². The number of hydrogen-bond acceptors (Lipinski definition) is 3. The predicted molar refractivity (Wildman–Crippen MR) is 106 cm³/mol. The summed E-state index contributed by atoms with van der Waals surface area (Å²) in [5.41, 5.74) is 0.0758. The summed E-state index contributed by atoms with van der Waals surface area (Å²) in [5.74, 6) is 0.861. The topological polar surface area (TPSA) is 65.9 Å². The summed E-state index contributed by atoms with van der Waals surface area (Å²) < 4.78 is 5.93. The highest BCUT2D eigenvalue weighted by Crippen LogP contribution is 2.45. The molecule has 136 valence electrons. The second-order valence-electron chi connectivity index (χ2n) is 6.76. The van der Waals surface area contributed by atoms with Crippen LogP contribution >= 0.6 is 24.0 Å². The highest BCUT2D eigenvalue weighted by atomic mass is 127. The number of halogens is 1. The molecule has 0 heterocycles. The molecule has 6 heteroatoms. The summed E-state index contributed by atoms with van der Waals surface area (Å²) in [6.07, 6.45) is 10.2. The molecule has 0 saturated heterocycles. The van der Waals surface area contributed by atoms with Crippen molar-refractivity contribution in [3.63, 3.8) is 0 Å². The number of rotatable bonds is 9. The van der Waals surface area contributed by atoms with Crippen LogP contribution in [0.2, 0.25) is 0 Å². The number of hydrogen-bond donors (Lipinski definition) is 3. The minimum absolute atomic E-state index is 0. The second-order valence-corrected chi connectivity index (χ2v) is 6.76. The molecule has 5 nitrogen and oxygen atoms in total. The van der Waals surface area contributed by atoms with E-state index in [0.29, 0.717) is 6.10 Å². The molecule has 2 aliphatic carbocycles. The molecule has 23 heavy (non-hydrogen) atoms. The third-order valence-corrected chi connectivity index (χ3v) is 4.73. The third kappa shape index (κ3) is 8.03. The van der Waals surface area contributed by atoms with Gasteiger partial charge in [-0.3, -0.25) is 4.99 Å². The van der Waals surface area contributed by atoms with Crippen molar-refractivity contribution in [2.75, 3.05) is 32.8 Å². The molecule has 2 fully saturated rings.